The average molecular weight is 305 g/mol. The van der Waals surface area contributed by atoms with Gasteiger partial charge in [0.05, 0.1) is 12.0 Å². The fourth-order valence-corrected chi connectivity index (χ4v) is 0.775. The van der Waals surface area contributed by atoms with Gasteiger partial charge in [-0.15, -0.1) is 0 Å². The maximum atomic E-state index is 9.55. The van der Waals surface area contributed by atoms with Crippen LogP contribution in [0.2, 0.25) is 0 Å². The van der Waals surface area contributed by atoms with Gasteiger partial charge in [0.1, 0.15) is 6.61 Å². The zero-order valence-corrected chi connectivity index (χ0v) is 12.1. The first-order chi connectivity index (χ1) is 10.5. The summed E-state index contributed by atoms with van der Waals surface area (Å²) in [7, 11) is 0. The molecule has 1 rings (SSSR count). The zero-order chi connectivity index (χ0) is 17.2. The highest BCUT2D eigenvalue weighted by molar-refractivity contribution is 5.89. The van der Waals surface area contributed by atoms with Crippen LogP contribution < -0.4 is 0 Å². The molecule has 0 aromatic carbocycles. The summed E-state index contributed by atoms with van der Waals surface area (Å²) in [6.07, 6.45) is 7.64. The Bertz CT molecular complexity index is 471. The van der Waals surface area contributed by atoms with Crippen LogP contribution in [0.25, 0.3) is 6.08 Å². The van der Waals surface area contributed by atoms with E-state index in [-0.39, 0.29) is 0 Å². The van der Waals surface area contributed by atoms with Gasteiger partial charge in [-0.3, -0.25) is 4.98 Å². The summed E-state index contributed by atoms with van der Waals surface area (Å²) >= 11 is 0. The van der Waals surface area contributed by atoms with Gasteiger partial charge >= 0.3 is 11.9 Å². The molecule has 0 aliphatic heterocycles. The van der Waals surface area contributed by atoms with Crippen LogP contribution in [0, 0.1) is 0 Å². The molecule has 0 saturated carbocycles. The second-order valence-corrected chi connectivity index (χ2v) is 3.26. The number of ether oxygens (including phenoxy) is 1. The van der Waals surface area contributed by atoms with Crippen LogP contribution in [0.5, 0.6) is 0 Å². The molecule has 0 aliphatic rings. The molecule has 0 radical (unpaired) electrons. The molecule has 118 valence electrons. The highest BCUT2D eigenvalue weighted by Crippen LogP contribution is 1.91. The van der Waals surface area contributed by atoms with Crippen LogP contribution in [0.15, 0.2) is 68.6 Å². The second-order valence-electron chi connectivity index (χ2n) is 3.26. The molecule has 0 amide bonds. The lowest BCUT2D eigenvalue weighted by atomic mass is 10.4. The maximum absolute atomic E-state index is 9.55. The number of hydrogen-bond donors (Lipinski definition) is 2. The summed E-state index contributed by atoms with van der Waals surface area (Å²) in [5.41, 5.74) is 0.924. The van der Waals surface area contributed by atoms with Crippen LogP contribution in [-0.4, -0.2) is 33.7 Å². The zero-order valence-electron chi connectivity index (χ0n) is 12.1. The van der Waals surface area contributed by atoms with Crippen molar-refractivity contribution in [1.82, 2.24) is 4.98 Å². The highest BCUT2D eigenvalue weighted by atomic mass is 16.5. The average Bonchev–Trinajstić information content (AvgIpc) is 2.53. The Hall–Kier alpha value is -3.15. The number of carbonyl (C=O) groups is 2. The van der Waals surface area contributed by atoms with E-state index in [0.29, 0.717) is 18.8 Å². The quantitative estimate of drug-likeness (QED) is 0.363. The summed E-state index contributed by atoms with van der Waals surface area (Å²) in [4.78, 5) is 23.1. The minimum atomic E-state index is -1.26. The van der Waals surface area contributed by atoms with Gasteiger partial charge in [0.2, 0.25) is 0 Å². The van der Waals surface area contributed by atoms with E-state index in [0.717, 1.165) is 5.69 Å². The Kier molecular flexibility index (Phi) is 15.3. The van der Waals surface area contributed by atoms with Crippen LogP contribution in [0.1, 0.15) is 5.69 Å². The van der Waals surface area contributed by atoms with Crippen LogP contribution in [0.4, 0.5) is 0 Å². The number of aromatic nitrogens is 1. The number of nitrogens with zero attached hydrogens (tertiary/aromatic N) is 1. The molecule has 0 bridgehead atoms. The molecule has 0 aliphatic carbocycles. The van der Waals surface area contributed by atoms with Crippen molar-refractivity contribution in [2.24, 2.45) is 0 Å². The molecule has 6 nitrogen and oxygen atoms in total. The summed E-state index contributed by atoms with van der Waals surface area (Å²) in [6, 6.07) is 5.73. The molecule has 2 N–H and O–H groups in total. The van der Waals surface area contributed by atoms with Crippen LogP contribution >= 0.6 is 0 Å². The molecule has 22 heavy (non-hydrogen) atoms. The number of hydrogen-bond acceptors (Lipinski definition) is 4. The van der Waals surface area contributed by atoms with Gasteiger partial charge in [-0.2, -0.15) is 0 Å². The van der Waals surface area contributed by atoms with E-state index >= 15 is 0 Å². The first kappa shape index (κ1) is 21.2. The smallest absolute Gasteiger partial charge is 0.328 e. The lowest BCUT2D eigenvalue weighted by Gasteiger charge is -1.86. The minimum Gasteiger partial charge on any atom is -0.498 e. The first-order valence-corrected chi connectivity index (χ1v) is 5.98. The van der Waals surface area contributed by atoms with Crippen molar-refractivity contribution in [3.05, 3.63) is 74.3 Å². The van der Waals surface area contributed by atoms with Crippen LogP contribution in [0.3, 0.4) is 0 Å². The largest absolute Gasteiger partial charge is 0.498 e. The third kappa shape index (κ3) is 19.2. The van der Waals surface area contributed by atoms with Crippen molar-refractivity contribution in [1.29, 1.82) is 0 Å². The van der Waals surface area contributed by atoms with Crippen LogP contribution in [-0.2, 0) is 14.3 Å². The lowest BCUT2D eigenvalue weighted by Crippen LogP contribution is -1.91. The summed E-state index contributed by atoms with van der Waals surface area (Å²) in [6.45, 7) is 10.9. The van der Waals surface area contributed by atoms with Crippen molar-refractivity contribution in [2.45, 2.75) is 0 Å². The number of carboxylic acid groups (broad SMARTS) is 2. The predicted molar refractivity (Wildman–Crippen MR) is 85.1 cm³/mol. The number of rotatable bonds is 6. The lowest BCUT2D eigenvalue weighted by molar-refractivity contribution is -0.134. The fraction of sp³-hybridized carbons (Fsp3) is 0.0625. The highest BCUT2D eigenvalue weighted by Gasteiger charge is 1.88. The van der Waals surface area contributed by atoms with E-state index in [1.165, 1.54) is 6.26 Å². The standard InChI is InChI=1S/C7H7N.C5H8O.C4H4O4/c1-2-7-5-3-4-6-8-7;1-3-5-6-4-2;5-3(6)1-2-4(7)8/h2-6H,1H2;3-4H,1-2,5H2;1-2H,(H,5,6)(H,7,8)/b;;2-1-. The Morgan fingerprint density at radius 2 is 1.73 bits per heavy atom. The number of carboxylic acids is 2. The normalized spacial score (nSPS) is 8.36. The first-order valence-electron chi connectivity index (χ1n) is 5.98. The molecule has 0 saturated heterocycles. The van der Waals surface area contributed by atoms with Crippen molar-refractivity contribution in [3.8, 4) is 0 Å². The number of pyridine rings is 1. The van der Waals surface area contributed by atoms with Crippen molar-refractivity contribution >= 4 is 18.0 Å². The maximum Gasteiger partial charge on any atom is 0.328 e. The van der Waals surface area contributed by atoms with E-state index in [1.807, 2.05) is 18.2 Å². The van der Waals surface area contributed by atoms with Gasteiger partial charge < -0.3 is 14.9 Å². The predicted octanol–water partition coefficient (Wildman–Crippen LogP) is 2.77. The van der Waals surface area contributed by atoms with Gasteiger partial charge in [0.25, 0.3) is 0 Å². The molecular formula is C16H19NO5. The summed E-state index contributed by atoms with van der Waals surface area (Å²) in [5.74, 6) is -2.51. The minimum absolute atomic E-state index is 0.558. The monoisotopic (exact) mass is 305 g/mol. The SMILES string of the molecule is C=CCOC=C.C=Cc1ccccn1.O=C(O)/C=C\C(=O)O. The molecule has 0 atom stereocenters. The summed E-state index contributed by atoms with van der Waals surface area (Å²) in [5, 5.41) is 15.6. The van der Waals surface area contributed by atoms with Gasteiger partial charge in [0, 0.05) is 18.3 Å². The van der Waals surface area contributed by atoms with Gasteiger partial charge in [0.15, 0.2) is 0 Å². The van der Waals surface area contributed by atoms with Gasteiger partial charge in [-0.1, -0.05) is 31.9 Å². The van der Waals surface area contributed by atoms with Gasteiger partial charge in [-0.05, 0) is 18.2 Å². The molecular weight excluding hydrogens is 286 g/mol. The Balaban J connectivity index is 0. The van der Waals surface area contributed by atoms with E-state index in [1.54, 1.807) is 18.3 Å². The third-order valence-corrected chi connectivity index (χ3v) is 1.60. The molecule has 1 aromatic heterocycles. The number of aliphatic carboxylic acids is 2. The topological polar surface area (TPSA) is 96.7 Å². The molecule has 6 heteroatoms. The Labute approximate surface area is 129 Å². The van der Waals surface area contributed by atoms with Crippen molar-refractivity contribution < 1.29 is 24.5 Å². The van der Waals surface area contributed by atoms with Gasteiger partial charge in [-0.25, -0.2) is 9.59 Å². The van der Waals surface area contributed by atoms with Crippen molar-refractivity contribution in [3.63, 3.8) is 0 Å². The molecule has 1 aromatic rings. The van der Waals surface area contributed by atoms with E-state index in [2.05, 4.69) is 29.5 Å². The second kappa shape index (κ2) is 15.9. The molecule has 1 heterocycles. The Morgan fingerprint density at radius 3 is 1.95 bits per heavy atom. The van der Waals surface area contributed by atoms with E-state index in [4.69, 9.17) is 10.2 Å². The molecule has 0 spiro atoms. The Morgan fingerprint density at radius 1 is 1.14 bits per heavy atom. The third-order valence-electron chi connectivity index (χ3n) is 1.60. The van der Waals surface area contributed by atoms with E-state index < -0.39 is 11.9 Å². The fourth-order valence-electron chi connectivity index (χ4n) is 0.775. The molecule has 0 fully saturated rings. The summed E-state index contributed by atoms with van der Waals surface area (Å²) < 4.78 is 4.63. The van der Waals surface area contributed by atoms with E-state index in [9.17, 15) is 9.59 Å². The molecule has 0 unspecified atom stereocenters. The van der Waals surface area contributed by atoms with Crippen molar-refractivity contribution in [2.75, 3.05) is 6.61 Å².